The monoisotopic (exact) mass is 192 g/mol. The van der Waals surface area contributed by atoms with Gasteiger partial charge < -0.3 is 24.8 Å². The Balaban J connectivity index is 3.68. The van der Waals surface area contributed by atoms with Crippen molar-refractivity contribution in [1.82, 2.24) is 0 Å². The number of aliphatic hydroxyl groups excluding tert-OH is 3. The second-order valence-corrected chi connectivity index (χ2v) is 2.56. The minimum Gasteiger partial charge on any atom is -0.388 e. The highest BCUT2D eigenvalue weighted by molar-refractivity contribution is 4.87. The molecule has 0 saturated carbocycles. The van der Waals surface area contributed by atoms with E-state index in [0.717, 1.165) is 6.08 Å². The van der Waals surface area contributed by atoms with Crippen LogP contribution < -0.4 is 0 Å². The summed E-state index contributed by atoms with van der Waals surface area (Å²) in [6.45, 7) is 3.21. The van der Waals surface area contributed by atoms with Gasteiger partial charge in [-0.2, -0.15) is 0 Å². The Labute approximate surface area is 77.2 Å². The van der Waals surface area contributed by atoms with E-state index in [0.29, 0.717) is 0 Å². The molecule has 0 spiro atoms. The molecular weight excluding hydrogens is 176 g/mol. The first-order valence-corrected chi connectivity index (χ1v) is 3.87. The van der Waals surface area contributed by atoms with Gasteiger partial charge >= 0.3 is 0 Å². The second kappa shape index (κ2) is 6.99. The lowest BCUT2D eigenvalue weighted by atomic mass is 10.1. The Bertz CT molecular complexity index is 138. The largest absolute Gasteiger partial charge is 0.388 e. The molecule has 0 heterocycles. The van der Waals surface area contributed by atoms with Crippen LogP contribution in [0.1, 0.15) is 0 Å². The minimum absolute atomic E-state index is 0.0357. The van der Waals surface area contributed by atoms with Crippen LogP contribution >= 0.6 is 0 Å². The standard InChI is InChI=1S/C8H16O5/c1-3-6(9)8(11)7(10)4-13-5-12-2/h3,6-11H,1,4-5H2,2H3/t6-,7+,8-/m1/s1. The fourth-order valence-corrected chi connectivity index (χ4v) is 0.718. The predicted octanol–water partition coefficient (Wildman–Crippen LogP) is -1.12. The van der Waals surface area contributed by atoms with E-state index < -0.39 is 18.3 Å². The third-order valence-corrected chi connectivity index (χ3v) is 1.48. The molecule has 0 amide bonds. The molecule has 0 aromatic rings. The average molecular weight is 192 g/mol. The van der Waals surface area contributed by atoms with E-state index in [-0.39, 0.29) is 13.4 Å². The average Bonchev–Trinajstić information content (AvgIpc) is 2.15. The first kappa shape index (κ1) is 12.5. The lowest BCUT2D eigenvalue weighted by Gasteiger charge is -2.20. The molecule has 0 aromatic heterocycles. The van der Waals surface area contributed by atoms with Crippen LogP contribution in [0.4, 0.5) is 0 Å². The fraction of sp³-hybridized carbons (Fsp3) is 0.750. The molecule has 0 rings (SSSR count). The van der Waals surface area contributed by atoms with Crippen molar-refractivity contribution in [3.05, 3.63) is 12.7 Å². The number of methoxy groups -OCH3 is 1. The zero-order valence-electron chi connectivity index (χ0n) is 7.59. The maximum Gasteiger partial charge on any atom is 0.146 e. The summed E-state index contributed by atoms with van der Waals surface area (Å²) in [5, 5.41) is 27.4. The molecule has 0 aliphatic heterocycles. The van der Waals surface area contributed by atoms with E-state index in [4.69, 9.17) is 9.84 Å². The molecule has 0 aromatic carbocycles. The Morgan fingerprint density at radius 2 is 2.00 bits per heavy atom. The van der Waals surface area contributed by atoms with Gasteiger partial charge in [0.25, 0.3) is 0 Å². The van der Waals surface area contributed by atoms with E-state index in [9.17, 15) is 10.2 Å². The normalized spacial score (nSPS) is 17.8. The second-order valence-electron chi connectivity index (χ2n) is 2.56. The Morgan fingerprint density at radius 1 is 1.38 bits per heavy atom. The van der Waals surface area contributed by atoms with Crippen LogP contribution in [0.5, 0.6) is 0 Å². The van der Waals surface area contributed by atoms with Gasteiger partial charge in [0, 0.05) is 7.11 Å². The number of hydrogen-bond acceptors (Lipinski definition) is 5. The summed E-state index contributed by atoms with van der Waals surface area (Å²) in [5.74, 6) is 0. The Kier molecular flexibility index (Phi) is 6.75. The Morgan fingerprint density at radius 3 is 2.46 bits per heavy atom. The zero-order valence-corrected chi connectivity index (χ0v) is 7.59. The maximum absolute atomic E-state index is 9.21. The first-order chi connectivity index (χ1) is 6.13. The minimum atomic E-state index is -1.28. The third kappa shape index (κ3) is 4.97. The van der Waals surface area contributed by atoms with Gasteiger partial charge in [-0.1, -0.05) is 6.08 Å². The molecule has 5 heteroatoms. The molecule has 0 saturated heterocycles. The van der Waals surface area contributed by atoms with Crippen LogP contribution in [-0.4, -0.2) is 54.1 Å². The van der Waals surface area contributed by atoms with Crippen molar-refractivity contribution in [3.8, 4) is 0 Å². The van der Waals surface area contributed by atoms with Crippen LogP contribution in [0.15, 0.2) is 12.7 Å². The van der Waals surface area contributed by atoms with Gasteiger partial charge in [0.15, 0.2) is 0 Å². The van der Waals surface area contributed by atoms with Crippen LogP contribution in [-0.2, 0) is 9.47 Å². The van der Waals surface area contributed by atoms with Gasteiger partial charge in [0.1, 0.15) is 25.1 Å². The molecule has 0 aliphatic rings. The van der Waals surface area contributed by atoms with Crippen LogP contribution in [0.25, 0.3) is 0 Å². The highest BCUT2D eigenvalue weighted by atomic mass is 16.7. The van der Waals surface area contributed by atoms with Crippen molar-refractivity contribution in [2.24, 2.45) is 0 Å². The molecule has 0 aliphatic carbocycles. The molecule has 78 valence electrons. The van der Waals surface area contributed by atoms with E-state index in [1.54, 1.807) is 0 Å². The van der Waals surface area contributed by atoms with E-state index in [1.807, 2.05) is 0 Å². The maximum atomic E-state index is 9.21. The van der Waals surface area contributed by atoms with Gasteiger partial charge in [-0.25, -0.2) is 0 Å². The summed E-state index contributed by atoms with van der Waals surface area (Å²) in [6, 6.07) is 0. The van der Waals surface area contributed by atoms with Crippen LogP contribution in [0.2, 0.25) is 0 Å². The fourth-order valence-electron chi connectivity index (χ4n) is 0.718. The van der Waals surface area contributed by atoms with Crippen molar-refractivity contribution < 1.29 is 24.8 Å². The van der Waals surface area contributed by atoms with Crippen molar-refractivity contribution in [3.63, 3.8) is 0 Å². The molecule has 0 unspecified atom stereocenters. The molecule has 0 bridgehead atoms. The summed E-state index contributed by atoms with van der Waals surface area (Å²) in [5.41, 5.74) is 0. The van der Waals surface area contributed by atoms with E-state index in [1.165, 1.54) is 7.11 Å². The van der Waals surface area contributed by atoms with Gasteiger partial charge in [-0.05, 0) is 0 Å². The molecule has 0 radical (unpaired) electrons. The van der Waals surface area contributed by atoms with Gasteiger partial charge in [-0.15, -0.1) is 6.58 Å². The van der Waals surface area contributed by atoms with Crippen molar-refractivity contribution in [1.29, 1.82) is 0 Å². The van der Waals surface area contributed by atoms with Crippen molar-refractivity contribution in [2.45, 2.75) is 18.3 Å². The summed E-state index contributed by atoms with van der Waals surface area (Å²) in [6.07, 6.45) is -2.44. The predicted molar refractivity (Wildman–Crippen MR) is 46.0 cm³/mol. The van der Waals surface area contributed by atoms with Crippen LogP contribution in [0, 0.1) is 0 Å². The van der Waals surface area contributed by atoms with Gasteiger partial charge in [-0.3, -0.25) is 0 Å². The molecule has 13 heavy (non-hydrogen) atoms. The summed E-state index contributed by atoms with van der Waals surface area (Å²) < 4.78 is 9.34. The van der Waals surface area contributed by atoms with Crippen molar-refractivity contribution >= 4 is 0 Å². The smallest absolute Gasteiger partial charge is 0.146 e. The highest BCUT2D eigenvalue weighted by Crippen LogP contribution is 2.01. The lowest BCUT2D eigenvalue weighted by Crippen LogP contribution is -2.39. The molecular formula is C8H16O5. The SMILES string of the molecule is C=C[C@@H](O)[C@@H](O)[C@@H](O)COCOC. The molecule has 3 N–H and O–H groups in total. The van der Waals surface area contributed by atoms with Gasteiger partial charge in [0.05, 0.1) is 6.61 Å². The topological polar surface area (TPSA) is 79.2 Å². The number of ether oxygens (including phenoxy) is 2. The highest BCUT2D eigenvalue weighted by Gasteiger charge is 2.22. The van der Waals surface area contributed by atoms with Gasteiger partial charge in [0.2, 0.25) is 0 Å². The molecule has 0 fully saturated rings. The number of hydrogen-bond donors (Lipinski definition) is 3. The first-order valence-electron chi connectivity index (χ1n) is 3.87. The lowest BCUT2D eigenvalue weighted by molar-refractivity contribution is -0.107. The zero-order chi connectivity index (χ0) is 10.3. The van der Waals surface area contributed by atoms with E-state index in [2.05, 4.69) is 11.3 Å². The summed E-state index contributed by atoms with van der Waals surface area (Å²) in [7, 11) is 1.45. The van der Waals surface area contributed by atoms with Crippen molar-refractivity contribution in [2.75, 3.05) is 20.5 Å². The summed E-state index contributed by atoms with van der Waals surface area (Å²) in [4.78, 5) is 0. The van der Waals surface area contributed by atoms with E-state index >= 15 is 0 Å². The molecule has 5 nitrogen and oxygen atoms in total. The summed E-state index contributed by atoms with van der Waals surface area (Å²) >= 11 is 0. The van der Waals surface area contributed by atoms with Crippen LogP contribution in [0.3, 0.4) is 0 Å². The quantitative estimate of drug-likeness (QED) is 0.270. The number of rotatable bonds is 7. The molecule has 3 atom stereocenters. The number of aliphatic hydroxyl groups is 3. The third-order valence-electron chi connectivity index (χ3n) is 1.48. The Hall–Kier alpha value is -0.460.